The molecule has 0 aromatic heterocycles. The Hall–Kier alpha value is -6.85. The van der Waals surface area contributed by atoms with E-state index >= 15 is 0 Å². The number of hydrogen-bond donors (Lipinski definition) is 7. The SMILES string of the molecule is CC(C)(C)OC(=O)NCCCc1cc(CCCNC(=O)OC(C)(C)C)cc(C(=O)NCCCc2cc(CCCNC(=O)c3cc(CCCNC(=O)OC(C)(C)C)cc(CCCNC(=O)OC(C)(C)C)c3)cc(C(=O)O)c2)c1. The number of carbonyl (C=O) groups is 7. The predicted octanol–water partition coefficient (Wildman–Crippen LogP) is 9.94. The number of aryl methyl sites for hydroxylation is 6. The van der Waals surface area contributed by atoms with Crippen LogP contribution in [0, 0.1) is 0 Å². The molecule has 3 aromatic rings. The van der Waals surface area contributed by atoms with E-state index in [1.807, 2.05) is 42.5 Å². The Morgan fingerprint density at radius 3 is 0.714 bits per heavy atom. The monoisotopic (exact) mass is 1070 g/mol. The van der Waals surface area contributed by atoms with Gasteiger partial charge in [-0.15, -0.1) is 0 Å². The van der Waals surface area contributed by atoms with Crippen LogP contribution in [0.1, 0.15) is 186 Å². The molecule has 77 heavy (non-hydrogen) atoms. The van der Waals surface area contributed by atoms with Crippen LogP contribution in [0.3, 0.4) is 0 Å². The molecule has 3 rings (SSSR count). The fraction of sp³-hybridized carbons (Fsp3) is 0.576. The van der Waals surface area contributed by atoms with Crippen molar-refractivity contribution in [1.82, 2.24) is 31.9 Å². The van der Waals surface area contributed by atoms with Crippen molar-refractivity contribution in [3.05, 3.63) is 105 Å². The Kier molecular flexibility index (Phi) is 25.8. The summed E-state index contributed by atoms with van der Waals surface area (Å²) < 4.78 is 21.4. The molecule has 0 fully saturated rings. The standard InChI is InChI=1S/C59H88N6O12/c1-56(2,3)74-52(70)62-27-15-21-40-31-41(22-16-28-63-53(71)75-57(4,5)6)35-46(34-40)49(66)60-25-13-19-44-33-45(39-48(38-44)51(68)69)20-14-26-61-50(67)47-36-42(23-17-29-64-54(72)76-58(7,8)9)32-43(37-47)24-18-30-65-55(73)77-59(10,11)12/h31-39H,13-30H2,1-12H3,(H,60,66)(H,61,67)(H,62,70)(H,63,71)(H,64,72)(H,65,73)(H,68,69). The van der Waals surface area contributed by atoms with Gasteiger partial charge < -0.3 is 56.0 Å². The molecule has 0 aliphatic rings. The third-order valence-corrected chi connectivity index (χ3v) is 11.0. The summed E-state index contributed by atoms with van der Waals surface area (Å²) in [6, 6.07) is 16.7. The number of carboxylic acids is 1. The summed E-state index contributed by atoms with van der Waals surface area (Å²) in [5.74, 6) is -1.56. The Bertz CT molecular complexity index is 2180. The number of carboxylic acid groups (broad SMARTS) is 1. The molecule has 0 bridgehead atoms. The number of nitrogens with one attached hydrogen (secondary N) is 6. The maximum atomic E-state index is 13.6. The number of benzene rings is 3. The van der Waals surface area contributed by atoms with Gasteiger partial charge in [0.05, 0.1) is 5.56 Å². The largest absolute Gasteiger partial charge is 0.478 e. The Labute approximate surface area is 456 Å². The van der Waals surface area contributed by atoms with Gasteiger partial charge in [0.25, 0.3) is 11.8 Å². The average Bonchev–Trinajstić information content (AvgIpc) is 3.29. The van der Waals surface area contributed by atoms with Crippen molar-refractivity contribution >= 4 is 42.2 Å². The average molecular weight is 1070 g/mol. The number of aromatic carboxylic acids is 1. The normalized spacial score (nSPS) is 11.7. The molecule has 0 heterocycles. The Morgan fingerprint density at radius 1 is 0.325 bits per heavy atom. The fourth-order valence-corrected chi connectivity index (χ4v) is 7.92. The molecule has 18 nitrogen and oxygen atoms in total. The van der Waals surface area contributed by atoms with E-state index in [1.165, 1.54) is 0 Å². The van der Waals surface area contributed by atoms with Crippen LogP contribution in [-0.2, 0) is 57.5 Å². The number of amides is 6. The molecule has 7 N–H and O–H groups in total. The maximum Gasteiger partial charge on any atom is 0.407 e. The lowest BCUT2D eigenvalue weighted by Gasteiger charge is -2.19. The number of carbonyl (C=O) groups excluding carboxylic acids is 6. The van der Waals surface area contributed by atoms with E-state index in [0.29, 0.717) is 127 Å². The third-order valence-electron chi connectivity index (χ3n) is 11.0. The van der Waals surface area contributed by atoms with Crippen LogP contribution in [-0.4, -0.2) is 109 Å². The van der Waals surface area contributed by atoms with E-state index < -0.39 is 52.7 Å². The maximum absolute atomic E-state index is 13.6. The Balaban J connectivity index is 1.62. The molecule has 0 radical (unpaired) electrons. The molecular formula is C59H88N6O12. The van der Waals surface area contributed by atoms with E-state index in [9.17, 15) is 38.7 Å². The molecule has 18 heteroatoms. The van der Waals surface area contributed by atoms with Gasteiger partial charge in [0.1, 0.15) is 22.4 Å². The van der Waals surface area contributed by atoms with Crippen LogP contribution in [0.25, 0.3) is 0 Å². The van der Waals surface area contributed by atoms with Gasteiger partial charge in [-0.05, 0) is 230 Å². The molecule has 6 amide bonds. The van der Waals surface area contributed by atoms with Crippen LogP contribution in [0.2, 0.25) is 0 Å². The number of rotatable bonds is 27. The molecule has 426 valence electrons. The lowest BCUT2D eigenvalue weighted by Crippen LogP contribution is -2.33. The van der Waals surface area contributed by atoms with Crippen LogP contribution >= 0.6 is 0 Å². The van der Waals surface area contributed by atoms with Gasteiger partial charge in [0, 0.05) is 50.4 Å². The highest BCUT2D eigenvalue weighted by molar-refractivity contribution is 5.95. The fourth-order valence-electron chi connectivity index (χ4n) is 7.92. The molecule has 0 saturated heterocycles. The lowest BCUT2D eigenvalue weighted by molar-refractivity contribution is 0.0515. The van der Waals surface area contributed by atoms with Crippen molar-refractivity contribution < 1.29 is 57.6 Å². The van der Waals surface area contributed by atoms with E-state index in [1.54, 1.807) is 95.2 Å². The van der Waals surface area contributed by atoms with E-state index in [-0.39, 0.29) is 17.4 Å². The van der Waals surface area contributed by atoms with Gasteiger partial charge in [0.2, 0.25) is 0 Å². The van der Waals surface area contributed by atoms with Gasteiger partial charge in [0.15, 0.2) is 0 Å². The second-order valence-corrected chi connectivity index (χ2v) is 23.3. The first kappa shape index (κ1) is 64.4. The van der Waals surface area contributed by atoms with Crippen LogP contribution < -0.4 is 31.9 Å². The zero-order chi connectivity index (χ0) is 57.4. The summed E-state index contributed by atoms with van der Waals surface area (Å²) in [4.78, 5) is 88.1. The number of alkyl carbamates (subject to hydrolysis) is 4. The van der Waals surface area contributed by atoms with Crippen molar-refractivity contribution in [2.45, 2.75) is 183 Å². The molecular weight excluding hydrogens is 985 g/mol. The topological polar surface area (TPSA) is 249 Å². The predicted molar refractivity (Wildman–Crippen MR) is 298 cm³/mol. The summed E-state index contributed by atoms with van der Waals surface area (Å²) in [7, 11) is 0. The second kappa shape index (κ2) is 30.8. The summed E-state index contributed by atoms with van der Waals surface area (Å²) >= 11 is 0. The molecule has 3 aromatic carbocycles. The van der Waals surface area contributed by atoms with Gasteiger partial charge in [-0.25, -0.2) is 24.0 Å². The molecule has 0 saturated carbocycles. The first-order chi connectivity index (χ1) is 35.9. The minimum Gasteiger partial charge on any atom is -0.478 e. The molecule has 0 aliphatic carbocycles. The zero-order valence-corrected chi connectivity index (χ0v) is 47.9. The van der Waals surface area contributed by atoms with Crippen molar-refractivity contribution in [1.29, 1.82) is 0 Å². The third kappa shape index (κ3) is 29.3. The van der Waals surface area contributed by atoms with Crippen LogP contribution in [0.5, 0.6) is 0 Å². The summed E-state index contributed by atoms with van der Waals surface area (Å²) in [5, 5.41) is 27.1. The number of hydrogen-bond acceptors (Lipinski definition) is 11. The minimum absolute atomic E-state index is 0.157. The summed E-state index contributed by atoms with van der Waals surface area (Å²) in [5.41, 5.74) is 4.02. The first-order valence-corrected chi connectivity index (χ1v) is 27.0. The molecule has 0 unspecified atom stereocenters. The van der Waals surface area contributed by atoms with Crippen molar-refractivity contribution in [3.8, 4) is 0 Å². The van der Waals surface area contributed by atoms with Gasteiger partial charge >= 0.3 is 30.3 Å². The molecule has 0 aliphatic heterocycles. The van der Waals surface area contributed by atoms with E-state index in [2.05, 4.69) is 31.9 Å². The zero-order valence-electron chi connectivity index (χ0n) is 47.9. The van der Waals surface area contributed by atoms with Crippen molar-refractivity contribution in [3.63, 3.8) is 0 Å². The quantitative estimate of drug-likeness (QED) is 0.0278. The highest BCUT2D eigenvalue weighted by Gasteiger charge is 2.20. The molecule has 0 spiro atoms. The summed E-state index contributed by atoms with van der Waals surface area (Å²) in [6.07, 6.45) is 5.01. The van der Waals surface area contributed by atoms with Crippen LogP contribution in [0.15, 0.2) is 54.6 Å². The highest BCUT2D eigenvalue weighted by atomic mass is 16.6. The lowest BCUT2D eigenvalue weighted by atomic mass is 9.98. The van der Waals surface area contributed by atoms with Crippen molar-refractivity contribution in [2.24, 2.45) is 0 Å². The smallest absolute Gasteiger partial charge is 0.407 e. The number of ether oxygens (including phenoxy) is 4. The molecule has 0 atom stereocenters. The van der Waals surface area contributed by atoms with Gasteiger partial charge in [-0.3, -0.25) is 9.59 Å². The second-order valence-electron chi connectivity index (χ2n) is 23.3. The van der Waals surface area contributed by atoms with Gasteiger partial charge in [-0.2, -0.15) is 0 Å². The van der Waals surface area contributed by atoms with Gasteiger partial charge in [-0.1, -0.05) is 18.2 Å². The minimum atomic E-state index is -1.05. The Morgan fingerprint density at radius 2 is 0.519 bits per heavy atom. The van der Waals surface area contributed by atoms with E-state index in [0.717, 1.165) is 33.4 Å². The summed E-state index contributed by atoms with van der Waals surface area (Å²) in [6.45, 7) is 23.8. The highest BCUT2D eigenvalue weighted by Crippen LogP contribution is 2.19. The van der Waals surface area contributed by atoms with Crippen molar-refractivity contribution in [2.75, 3.05) is 39.3 Å². The first-order valence-electron chi connectivity index (χ1n) is 27.0. The van der Waals surface area contributed by atoms with E-state index in [4.69, 9.17) is 18.9 Å². The van der Waals surface area contributed by atoms with Crippen LogP contribution in [0.4, 0.5) is 19.2 Å².